The molecule has 0 radical (unpaired) electrons. The zero-order chi connectivity index (χ0) is 19.6. The minimum absolute atomic E-state index is 0.313. The second-order valence-corrected chi connectivity index (χ2v) is 6.39. The predicted molar refractivity (Wildman–Crippen MR) is 101 cm³/mol. The Labute approximate surface area is 158 Å². The summed E-state index contributed by atoms with van der Waals surface area (Å²) < 4.78 is 10.6. The molecule has 2 aromatic rings. The number of hydrogen-bond acceptors (Lipinski definition) is 5. The highest BCUT2D eigenvalue weighted by atomic mass is 16.5. The molecule has 1 amide bonds. The zero-order valence-electron chi connectivity index (χ0n) is 15.4. The molecule has 0 saturated heterocycles. The summed E-state index contributed by atoms with van der Waals surface area (Å²) >= 11 is 0. The summed E-state index contributed by atoms with van der Waals surface area (Å²) in [5.74, 6) is 0.0757. The molecule has 1 N–H and O–H groups in total. The van der Waals surface area contributed by atoms with E-state index in [1.807, 2.05) is 0 Å². The molecular weight excluding hydrogens is 344 g/mol. The Morgan fingerprint density at radius 1 is 1.07 bits per heavy atom. The first-order chi connectivity index (χ1) is 13.0. The molecule has 0 atom stereocenters. The molecule has 0 spiro atoms. The first kappa shape index (κ1) is 20.0. The van der Waals surface area contributed by atoms with E-state index in [4.69, 9.17) is 14.7 Å². The van der Waals surface area contributed by atoms with E-state index in [2.05, 4.69) is 25.2 Å². The van der Waals surface area contributed by atoms with E-state index in [0.717, 1.165) is 5.56 Å². The number of nitriles is 1. The molecule has 140 valence electrons. The first-order valence-electron chi connectivity index (χ1n) is 8.63. The molecule has 2 rings (SSSR count). The van der Waals surface area contributed by atoms with Crippen molar-refractivity contribution in [3.63, 3.8) is 0 Å². The van der Waals surface area contributed by atoms with Crippen molar-refractivity contribution in [1.29, 1.82) is 5.26 Å². The number of nitrogens with zero attached hydrogens (tertiary/aromatic N) is 1. The van der Waals surface area contributed by atoms with Crippen molar-refractivity contribution in [2.75, 3.05) is 18.5 Å². The molecular formula is C21H22N2O4. The number of benzene rings is 2. The number of anilines is 1. The molecule has 0 fully saturated rings. The lowest BCUT2D eigenvalue weighted by Gasteiger charge is -2.09. The average molecular weight is 366 g/mol. The number of carbonyl (C=O) groups excluding carboxylic acids is 2. The number of ether oxygens (including phenoxy) is 2. The quantitative estimate of drug-likeness (QED) is 0.721. The maximum atomic E-state index is 12.0. The lowest BCUT2D eigenvalue weighted by atomic mass is 10.1. The Kier molecular flexibility index (Phi) is 7.38. The molecule has 0 aliphatic heterocycles. The van der Waals surface area contributed by atoms with Gasteiger partial charge in [-0.25, -0.2) is 4.79 Å². The maximum absolute atomic E-state index is 12.0. The third-order valence-electron chi connectivity index (χ3n) is 3.53. The van der Waals surface area contributed by atoms with E-state index in [-0.39, 0.29) is 6.61 Å². The minimum atomic E-state index is -0.579. The molecule has 2 aromatic carbocycles. The van der Waals surface area contributed by atoms with Crippen LogP contribution in [-0.2, 0) is 16.0 Å². The van der Waals surface area contributed by atoms with Gasteiger partial charge in [-0.1, -0.05) is 26.0 Å². The minimum Gasteiger partial charge on any atom is -0.493 e. The number of hydrogen-bond donors (Lipinski definition) is 1. The Morgan fingerprint density at radius 2 is 1.74 bits per heavy atom. The highest BCUT2D eigenvalue weighted by molar-refractivity contribution is 5.95. The molecule has 0 aliphatic carbocycles. The van der Waals surface area contributed by atoms with E-state index < -0.39 is 11.9 Å². The van der Waals surface area contributed by atoms with Crippen molar-refractivity contribution in [3.05, 3.63) is 59.7 Å². The van der Waals surface area contributed by atoms with Gasteiger partial charge in [-0.05, 0) is 47.9 Å². The van der Waals surface area contributed by atoms with Crippen molar-refractivity contribution in [3.8, 4) is 11.8 Å². The average Bonchev–Trinajstić information content (AvgIpc) is 2.66. The highest BCUT2D eigenvalue weighted by Crippen LogP contribution is 2.14. The van der Waals surface area contributed by atoms with E-state index >= 15 is 0 Å². The summed E-state index contributed by atoms with van der Waals surface area (Å²) in [4.78, 5) is 23.9. The molecule has 0 aliphatic rings. The lowest BCUT2D eigenvalue weighted by molar-refractivity contribution is -0.119. The van der Waals surface area contributed by atoms with Gasteiger partial charge in [0.2, 0.25) is 0 Å². The fraction of sp³-hybridized carbons (Fsp3) is 0.286. The largest absolute Gasteiger partial charge is 0.493 e. The molecule has 0 unspecified atom stereocenters. The zero-order valence-corrected chi connectivity index (χ0v) is 15.4. The van der Waals surface area contributed by atoms with Gasteiger partial charge in [-0.15, -0.1) is 0 Å². The Balaban J connectivity index is 1.80. The Hall–Kier alpha value is -3.33. The number of carbonyl (C=O) groups is 2. The van der Waals surface area contributed by atoms with Crippen LogP contribution in [-0.4, -0.2) is 25.1 Å². The van der Waals surface area contributed by atoms with Gasteiger partial charge in [-0.3, -0.25) is 4.79 Å². The van der Waals surface area contributed by atoms with Crippen molar-refractivity contribution in [2.45, 2.75) is 20.3 Å². The van der Waals surface area contributed by atoms with E-state index in [1.54, 1.807) is 48.5 Å². The third kappa shape index (κ3) is 6.83. The Morgan fingerprint density at radius 3 is 2.33 bits per heavy atom. The van der Waals surface area contributed by atoms with Crippen molar-refractivity contribution in [2.24, 2.45) is 5.92 Å². The summed E-state index contributed by atoms with van der Waals surface area (Å²) in [6, 6.07) is 15.6. The topological polar surface area (TPSA) is 88.4 Å². The van der Waals surface area contributed by atoms with Gasteiger partial charge in [0.25, 0.3) is 5.91 Å². The van der Waals surface area contributed by atoms with Gasteiger partial charge in [0.05, 0.1) is 24.7 Å². The van der Waals surface area contributed by atoms with Crippen LogP contribution in [0.5, 0.6) is 5.75 Å². The van der Waals surface area contributed by atoms with E-state index in [0.29, 0.717) is 35.9 Å². The van der Waals surface area contributed by atoms with Crippen LogP contribution in [0.3, 0.4) is 0 Å². The van der Waals surface area contributed by atoms with Crippen LogP contribution in [0.25, 0.3) is 0 Å². The van der Waals surface area contributed by atoms with Crippen molar-refractivity contribution < 1.29 is 19.1 Å². The second kappa shape index (κ2) is 9.97. The monoisotopic (exact) mass is 366 g/mol. The van der Waals surface area contributed by atoms with Crippen molar-refractivity contribution in [1.82, 2.24) is 0 Å². The summed E-state index contributed by atoms with van der Waals surface area (Å²) in [6.07, 6.45) is 0.313. The number of esters is 1. The SMILES string of the molecule is CC(C)COc1ccc(C(=O)OCC(=O)Nc2ccc(CC#N)cc2)cc1. The number of amides is 1. The van der Waals surface area contributed by atoms with Gasteiger partial charge >= 0.3 is 5.97 Å². The van der Waals surface area contributed by atoms with E-state index in [9.17, 15) is 9.59 Å². The fourth-order valence-corrected chi connectivity index (χ4v) is 2.16. The van der Waals surface area contributed by atoms with Crippen LogP contribution in [0.2, 0.25) is 0 Å². The second-order valence-electron chi connectivity index (χ2n) is 6.39. The molecule has 0 saturated carbocycles. The van der Waals surface area contributed by atoms with Crippen LogP contribution < -0.4 is 10.1 Å². The third-order valence-corrected chi connectivity index (χ3v) is 3.53. The standard InChI is InChI=1S/C21H22N2O4/c1-15(2)13-26-19-9-5-17(6-10-19)21(25)27-14-20(24)23-18-7-3-16(4-8-18)11-12-22/h3-10,15H,11,13-14H2,1-2H3,(H,23,24). The summed E-state index contributed by atoms with van der Waals surface area (Å²) in [5, 5.41) is 11.3. The summed E-state index contributed by atoms with van der Waals surface area (Å²) in [5.41, 5.74) is 1.78. The first-order valence-corrected chi connectivity index (χ1v) is 8.63. The van der Waals surface area contributed by atoms with Crippen molar-refractivity contribution >= 4 is 17.6 Å². The lowest BCUT2D eigenvalue weighted by Crippen LogP contribution is -2.20. The molecule has 27 heavy (non-hydrogen) atoms. The van der Waals surface area contributed by atoms with Crippen LogP contribution in [0, 0.1) is 17.2 Å². The van der Waals surface area contributed by atoms with Crippen LogP contribution >= 0.6 is 0 Å². The molecule has 0 heterocycles. The van der Waals surface area contributed by atoms with Gasteiger partial charge < -0.3 is 14.8 Å². The van der Waals surface area contributed by atoms with E-state index in [1.165, 1.54) is 0 Å². The van der Waals surface area contributed by atoms with Gasteiger partial charge in [0, 0.05) is 5.69 Å². The molecule has 6 heteroatoms. The molecule has 6 nitrogen and oxygen atoms in total. The van der Waals surface area contributed by atoms with Gasteiger partial charge in [0.1, 0.15) is 5.75 Å². The molecule has 0 bridgehead atoms. The normalized spacial score (nSPS) is 10.1. The molecule has 0 aromatic heterocycles. The van der Waals surface area contributed by atoms with Crippen LogP contribution in [0.1, 0.15) is 29.8 Å². The number of nitrogens with one attached hydrogen (secondary N) is 1. The smallest absolute Gasteiger partial charge is 0.338 e. The van der Waals surface area contributed by atoms with Crippen LogP contribution in [0.15, 0.2) is 48.5 Å². The maximum Gasteiger partial charge on any atom is 0.338 e. The summed E-state index contributed by atoms with van der Waals surface area (Å²) in [7, 11) is 0. The highest BCUT2D eigenvalue weighted by Gasteiger charge is 2.11. The number of rotatable bonds is 8. The summed E-state index contributed by atoms with van der Waals surface area (Å²) in [6.45, 7) is 4.32. The fourth-order valence-electron chi connectivity index (χ4n) is 2.16. The van der Waals surface area contributed by atoms with Crippen LogP contribution in [0.4, 0.5) is 5.69 Å². The van der Waals surface area contributed by atoms with Gasteiger partial charge in [-0.2, -0.15) is 5.26 Å². The van der Waals surface area contributed by atoms with Gasteiger partial charge in [0.15, 0.2) is 6.61 Å². The predicted octanol–water partition coefficient (Wildman–Crippen LogP) is 3.58. The Bertz CT molecular complexity index is 806.